The van der Waals surface area contributed by atoms with Crippen molar-refractivity contribution in [3.63, 3.8) is 0 Å². The number of hydrogen-bond donors (Lipinski definition) is 1. The third-order valence-corrected chi connectivity index (χ3v) is 4.50. The molecule has 0 fully saturated rings. The number of carbonyl (C=O) groups is 2. The maximum absolute atomic E-state index is 12.3. The minimum absolute atomic E-state index is 0.0795. The summed E-state index contributed by atoms with van der Waals surface area (Å²) in [6.45, 7) is 4.10. The summed E-state index contributed by atoms with van der Waals surface area (Å²) >= 11 is 3.43. The van der Waals surface area contributed by atoms with E-state index in [-0.39, 0.29) is 18.4 Å². The molecule has 1 amide bonds. The first kappa shape index (κ1) is 19.2. The van der Waals surface area contributed by atoms with Crippen LogP contribution in [0.2, 0.25) is 0 Å². The molecule has 2 aromatic carbocycles. The largest absolute Gasteiger partial charge is 0.445 e. The molecule has 2 atom stereocenters. The van der Waals surface area contributed by atoms with Gasteiger partial charge in [-0.3, -0.25) is 0 Å². The van der Waals surface area contributed by atoms with Crippen LogP contribution in [0.25, 0.3) is 0 Å². The molecule has 0 spiro atoms. The van der Waals surface area contributed by atoms with E-state index in [1.807, 2.05) is 68.4 Å². The molecule has 5 heteroatoms. The molecule has 0 saturated carbocycles. The Balaban J connectivity index is 2.12. The van der Waals surface area contributed by atoms with Crippen molar-refractivity contribution in [1.29, 1.82) is 0 Å². The Morgan fingerprint density at radius 1 is 1.16 bits per heavy atom. The van der Waals surface area contributed by atoms with Crippen molar-refractivity contribution in [1.82, 2.24) is 5.32 Å². The lowest BCUT2D eigenvalue weighted by Crippen LogP contribution is -2.36. The summed E-state index contributed by atoms with van der Waals surface area (Å²) in [5.41, 5.74) is 1.77. The third kappa shape index (κ3) is 5.71. The predicted molar refractivity (Wildman–Crippen MR) is 101 cm³/mol. The van der Waals surface area contributed by atoms with Crippen LogP contribution in [0.15, 0.2) is 59.1 Å². The molecular weight excluding hydrogens is 382 g/mol. The molecule has 0 heterocycles. The highest BCUT2D eigenvalue weighted by molar-refractivity contribution is 9.10. The minimum Gasteiger partial charge on any atom is -0.445 e. The number of nitrogens with one attached hydrogen (secondary N) is 1. The van der Waals surface area contributed by atoms with E-state index in [1.54, 1.807) is 0 Å². The second kappa shape index (κ2) is 9.37. The quantitative estimate of drug-likeness (QED) is 0.669. The van der Waals surface area contributed by atoms with Crippen molar-refractivity contribution >= 4 is 28.3 Å². The van der Waals surface area contributed by atoms with E-state index in [1.165, 1.54) is 0 Å². The van der Waals surface area contributed by atoms with Gasteiger partial charge in [0.2, 0.25) is 0 Å². The fourth-order valence-electron chi connectivity index (χ4n) is 2.61. The molecule has 0 bridgehead atoms. The van der Waals surface area contributed by atoms with Gasteiger partial charge in [0.1, 0.15) is 12.9 Å². The Bertz CT molecular complexity index is 703. The van der Waals surface area contributed by atoms with Crippen molar-refractivity contribution < 1.29 is 14.3 Å². The van der Waals surface area contributed by atoms with Crippen LogP contribution >= 0.6 is 15.9 Å². The lowest BCUT2D eigenvalue weighted by molar-refractivity contribution is -0.113. The molecular formula is C20H22BrNO3. The molecule has 0 aliphatic rings. The van der Waals surface area contributed by atoms with Crippen LogP contribution in [0, 0.1) is 11.8 Å². The fourth-order valence-corrected chi connectivity index (χ4v) is 3.03. The van der Waals surface area contributed by atoms with Gasteiger partial charge in [-0.2, -0.15) is 0 Å². The van der Waals surface area contributed by atoms with Crippen LogP contribution in [0.1, 0.15) is 31.0 Å². The van der Waals surface area contributed by atoms with Gasteiger partial charge in [-0.1, -0.05) is 72.2 Å². The number of benzene rings is 2. The first-order valence-electron chi connectivity index (χ1n) is 8.19. The number of amides is 1. The summed E-state index contributed by atoms with van der Waals surface area (Å²) in [6.07, 6.45) is 0.356. The average molecular weight is 404 g/mol. The number of carbonyl (C=O) groups excluding carboxylic acids is 2. The molecule has 0 unspecified atom stereocenters. The van der Waals surface area contributed by atoms with Crippen molar-refractivity contribution in [2.24, 2.45) is 11.8 Å². The zero-order valence-electron chi connectivity index (χ0n) is 14.3. The molecule has 0 aromatic heterocycles. The third-order valence-electron chi connectivity index (χ3n) is 4.01. The predicted octanol–water partition coefficient (Wildman–Crippen LogP) is 4.89. The fraction of sp³-hybridized carbons (Fsp3) is 0.300. The van der Waals surface area contributed by atoms with E-state index < -0.39 is 12.1 Å². The van der Waals surface area contributed by atoms with Crippen LogP contribution < -0.4 is 5.32 Å². The Labute approximate surface area is 156 Å². The van der Waals surface area contributed by atoms with Crippen LogP contribution in [-0.2, 0) is 16.1 Å². The standard InChI is InChI=1S/C20H22BrNO3/c1-14(2)18(12-23)19(16-9-6-10-17(21)11-16)22-20(24)25-13-15-7-4-3-5-8-15/h3-12,14,18-19H,13H2,1-2H3,(H,22,24)/t18-,19-/m1/s1. The van der Waals surface area contributed by atoms with Gasteiger partial charge in [-0.25, -0.2) is 4.79 Å². The highest BCUT2D eigenvalue weighted by Crippen LogP contribution is 2.28. The molecule has 4 nitrogen and oxygen atoms in total. The Morgan fingerprint density at radius 3 is 2.48 bits per heavy atom. The molecule has 0 aliphatic heterocycles. The summed E-state index contributed by atoms with van der Waals surface area (Å²) in [7, 11) is 0. The first-order chi connectivity index (χ1) is 12.0. The highest BCUT2D eigenvalue weighted by Gasteiger charge is 2.28. The molecule has 2 rings (SSSR count). The van der Waals surface area contributed by atoms with Crippen molar-refractivity contribution in [2.45, 2.75) is 26.5 Å². The van der Waals surface area contributed by atoms with Crippen LogP contribution in [0.4, 0.5) is 4.79 Å². The van der Waals surface area contributed by atoms with Crippen LogP contribution in [0.5, 0.6) is 0 Å². The second-order valence-corrected chi connectivity index (χ2v) is 7.11. The molecule has 25 heavy (non-hydrogen) atoms. The van der Waals surface area contributed by atoms with E-state index in [0.717, 1.165) is 21.9 Å². The zero-order valence-corrected chi connectivity index (χ0v) is 15.9. The van der Waals surface area contributed by atoms with Gasteiger partial charge >= 0.3 is 6.09 Å². The monoisotopic (exact) mass is 403 g/mol. The normalized spacial score (nSPS) is 13.1. The number of halogens is 1. The number of hydrogen-bond acceptors (Lipinski definition) is 3. The minimum atomic E-state index is -0.540. The van der Waals surface area contributed by atoms with Crippen molar-refractivity contribution in [2.75, 3.05) is 0 Å². The number of alkyl carbamates (subject to hydrolysis) is 1. The number of aldehydes is 1. The maximum Gasteiger partial charge on any atom is 0.407 e. The Morgan fingerprint density at radius 2 is 1.88 bits per heavy atom. The summed E-state index contributed by atoms with van der Waals surface area (Å²) in [5.74, 6) is -0.269. The van der Waals surface area contributed by atoms with E-state index in [4.69, 9.17) is 4.74 Å². The maximum atomic E-state index is 12.3. The number of ether oxygens (including phenoxy) is 1. The van der Waals surface area contributed by atoms with E-state index in [0.29, 0.717) is 0 Å². The van der Waals surface area contributed by atoms with E-state index in [2.05, 4.69) is 21.2 Å². The summed E-state index contributed by atoms with van der Waals surface area (Å²) in [5, 5.41) is 2.85. The molecule has 2 aromatic rings. The lowest BCUT2D eigenvalue weighted by Gasteiger charge is -2.27. The van der Waals surface area contributed by atoms with Gasteiger partial charge in [-0.05, 0) is 29.2 Å². The van der Waals surface area contributed by atoms with Gasteiger partial charge in [0.25, 0.3) is 0 Å². The van der Waals surface area contributed by atoms with Crippen molar-refractivity contribution in [3.8, 4) is 0 Å². The molecule has 132 valence electrons. The van der Waals surface area contributed by atoms with Crippen LogP contribution in [0.3, 0.4) is 0 Å². The molecule has 0 saturated heterocycles. The topological polar surface area (TPSA) is 55.4 Å². The average Bonchev–Trinajstić information content (AvgIpc) is 2.60. The van der Waals surface area contributed by atoms with Gasteiger partial charge < -0.3 is 14.8 Å². The summed E-state index contributed by atoms with van der Waals surface area (Å²) in [4.78, 5) is 23.9. The van der Waals surface area contributed by atoms with Gasteiger partial charge in [0, 0.05) is 10.4 Å². The van der Waals surface area contributed by atoms with Crippen LogP contribution in [-0.4, -0.2) is 12.4 Å². The first-order valence-corrected chi connectivity index (χ1v) is 8.98. The number of rotatable bonds is 7. The van der Waals surface area contributed by atoms with E-state index in [9.17, 15) is 9.59 Å². The molecule has 1 N–H and O–H groups in total. The van der Waals surface area contributed by atoms with Gasteiger partial charge in [0.05, 0.1) is 6.04 Å². The SMILES string of the molecule is CC(C)[C@@H](C=O)[C@H](NC(=O)OCc1ccccc1)c1cccc(Br)c1. The second-order valence-electron chi connectivity index (χ2n) is 6.20. The highest BCUT2D eigenvalue weighted by atomic mass is 79.9. The molecule has 0 radical (unpaired) electrons. The Kier molecular flexibility index (Phi) is 7.19. The van der Waals surface area contributed by atoms with Crippen molar-refractivity contribution in [3.05, 3.63) is 70.2 Å². The lowest BCUT2D eigenvalue weighted by atomic mass is 9.85. The summed E-state index contributed by atoms with van der Waals surface area (Å²) < 4.78 is 6.20. The zero-order chi connectivity index (χ0) is 18.2. The smallest absolute Gasteiger partial charge is 0.407 e. The molecule has 0 aliphatic carbocycles. The summed E-state index contributed by atoms with van der Waals surface area (Å²) in [6, 6.07) is 16.6. The Hall–Kier alpha value is -2.14. The van der Waals surface area contributed by atoms with Gasteiger partial charge in [-0.15, -0.1) is 0 Å². The van der Waals surface area contributed by atoms with Gasteiger partial charge in [0.15, 0.2) is 0 Å². The van der Waals surface area contributed by atoms with E-state index >= 15 is 0 Å².